The number of hydrogen-bond donors (Lipinski definition) is 2. The Labute approximate surface area is 142 Å². The van der Waals surface area contributed by atoms with Crippen LogP contribution in [0.15, 0.2) is 34.3 Å². The van der Waals surface area contributed by atoms with Crippen molar-refractivity contribution in [1.82, 2.24) is 9.97 Å². The zero-order valence-electron chi connectivity index (χ0n) is 12.8. The Hall–Kier alpha value is -1.79. The molecular weight excluding hydrogens is 347 g/mol. The number of nitrogens with zero attached hydrogens (tertiary/aromatic N) is 2. The molecule has 4 rings (SSSR count). The number of aromatic nitrogens is 2. The molecule has 3 aromatic rings. The normalized spacial score (nSPS) is 17.2. The van der Waals surface area contributed by atoms with Gasteiger partial charge in [0.1, 0.15) is 16.8 Å². The highest BCUT2D eigenvalue weighted by Gasteiger charge is 2.40. The Bertz CT molecular complexity index is 944. The van der Waals surface area contributed by atoms with Gasteiger partial charge in [-0.15, -0.1) is 11.3 Å². The van der Waals surface area contributed by atoms with Gasteiger partial charge >= 0.3 is 7.60 Å². The maximum atomic E-state index is 12.2. The van der Waals surface area contributed by atoms with Crippen molar-refractivity contribution in [2.45, 2.75) is 25.7 Å². The van der Waals surface area contributed by atoms with Crippen molar-refractivity contribution < 1.29 is 18.8 Å². The highest BCUT2D eigenvalue weighted by molar-refractivity contribution is 7.60. The van der Waals surface area contributed by atoms with Crippen LogP contribution in [0.1, 0.15) is 34.4 Å². The van der Waals surface area contributed by atoms with E-state index in [9.17, 15) is 14.4 Å². The van der Waals surface area contributed by atoms with Crippen LogP contribution < -0.4 is 5.30 Å². The number of rotatable bonds is 3. The molecule has 0 saturated heterocycles. The molecule has 1 unspecified atom stereocenters. The Morgan fingerprint density at radius 3 is 2.71 bits per heavy atom. The van der Waals surface area contributed by atoms with Crippen LogP contribution in [0.2, 0.25) is 0 Å². The van der Waals surface area contributed by atoms with E-state index < -0.39 is 7.60 Å². The van der Waals surface area contributed by atoms with Gasteiger partial charge < -0.3 is 14.2 Å². The molecule has 0 fully saturated rings. The summed E-state index contributed by atoms with van der Waals surface area (Å²) in [6.45, 7) is 1.87. The fraction of sp³-hybridized carbons (Fsp3) is 0.250. The van der Waals surface area contributed by atoms with Gasteiger partial charge in [-0.2, -0.15) is 0 Å². The molecule has 0 radical (unpaired) electrons. The van der Waals surface area contributed by atoms with E-state index in [2.05, 4.69) is 9.97 Å². The number of thiazole rings is 1. The standard InChI is InChI=1S/C16H15N2O4PS/c1-9-18-12(8-24-9)14-13-3-2-11(10-4-6-17-7-5-10)15(22-13)16(14)23(19,20)21/h4-8,11H,2-3H2,1H3,(H2,19,20,21). The molecule has 8 heteroatoms. The molecule has 4 heterocycles. The summed E-state index contributed by atoms with van der Waals surface area (Å²) in [7, 11) is -4.51. The molecule has 3 aromatic heterocycles. The Morgan fingerprint density at radius 1 is 1.33 bits per heavy atom. The highest BCUT2D eigenvalue weighted by Crippen LogP contribution is 2.48. The molecule has 0 spiro atoms. The van der Waals surface area contributed by atoms with Gasteiger partial charge in [0, 0.05) is 30.1 Å². The number of aryl methyl sites for hydroxylation is 2. The third-order valence-electron chi connectivity index (χ3n) is 4.23. The Kier molecular flexibility index (Phi) is 3.69. The van der Waals surface area contributed by atoms with Gasteiger partial charge in [-0.05, 0) is 31.0 Å². The summed E-state index contributed by atoms with van der Waals surface area (Å²) in [4.78, 5) is 28.4. The molecule has 1 aliphatic heterocycles. The van der Waals surface area contributed by atoms with E-state index in [1.807, 2.05) is 24.4 Å². The van der Waals surface area contributed by atoms with Crippen LogP contribution in [0.5, 0.6) is 0 Å². The van der Waals surface area contributed by atoms with E-state index in [0.29, 0.717) is 29.2 Å². The minimum absolute atomic E-state index is 0.0119. The summed E-state index contributed by atoms with van der Waals surface area (Å²) in [6.07, 6.45) is 4.71. The molecule has 0 saturated carbocycles. The van der Waals surface area contributed by atoms with Crippen molar-refractivity contribution in [1.29, 1.82) is 0 Å². The monoisotopic (exact) mass is 362 g/mol. The quantitative estimate of drug-likeness (QED) is 0.696. The fourth-order valence-electron chi connectivity index (χ4n) is 3.25. The number of fused-ring (bicyclic) bond motifs is 2. The number of pyridine rings is 1. The van der Waals surface area contributed by atoms with E-state index in [1.54, 1.807) is 12.4 Å². The summed E-state index contributed by atoms with van der Waals surface area (Å²) in [5, 5.41) is 2.65. The predicted octanol–water partition coefficient (Wildman–Crippen LogP) is 2.99. The average Bonchev–Trinajstić information content (AvgIpc) is 3.09. The minimum Gasteiger partial charge on any atom is -0.464 e. The van der Waals surface area contributed by atoms with Crippen molar-refractivity contribution in [3.05, 3.63) is 52.0 Å². The molecule has 1 atom stereocenters. The topological polar surface area (TPSA) is 96.5 Å². The predicted molar refractivity (Wildman–Crippen MR) is 90.6 cm³/mol. The lowest BCUT2D eigenvalue weighted by Crippen LogP contribution is -2.14. The van der Waals surface area contributed by atoms with E-state index in [4.69, 9.17) is 4.42 Å². The van der Waals surface area contributed by atoms with Gasteiger partial charge in [0.2, 0.25) is 0 Å². The molecule has 6 nitrogen and oxygen atoms in total. The van der Waals surface area contributed by atoms with Gasteiger partial charge in [-0.25, -0.2) is 4.98 Å². The van der Waals surface area contributed by atoms with Gasteiger partial charge in [0.05, 0.1) is 16.3 Å². The fourth-order valence-corrected chi connectivity index (χ4v) is 4.87. The van der Waals surface area contributed by atoms with Crippen LogP contribution in [0.4, 0.5) is 0 Å². The first-order chi connectivity index (χ1) is 11.4. The van der Waals surface area contributed by atoms with Crippen LogP contribution in [-0.2, 0) is 11.0 Å². The van der Waals surface area contributed by atoms with Crippen LogP contribution in [0, 0.1) is 6.92 Å². The Morgan fingerprint density at radius 2 is 2.08 bits per heavy atom. The lowest BCUT2D eigenvalue weighted by molar-refractivity contribution is 0.378. The second-order valence-corrected chi connectivity index (χ2v) is 8.38. The second-order valence-electron chi connectivity index (χ2n) is 5.78. The van der Waals surface area contributed by atoms with Gasteiger partial charge in [-0.1, -0.05) is 0 Å². The van der Waals surface area contributed by atoms with E-state index >= 15 is 0 Å². The number of hydrogen-bond acceptors (Lipinski definition) is 5. The van der Waals surface area contributed by atoms with Gasteiger partial charge in [0.25, 0.3) is 0 Å². The molecular formula is C16H15N2O4PS. The maximum absolute atomic E-state index is 12.2. The SMILES string of the molecule is Cc1nc(-c2c3oc(c2P(=O)(O)O)C(c2ccncc2)CC3)cs1. The minimum atomic E-state index is -4.51. The smallest absolute Gasteiger partial charge is 0.360 e. The first-order valence-corrected chi connectivity index (χ1v) is 9.98. The molecule has 0 aromatic carbocycles. The van der Waals surface area contributed by atoms with Crippen LogP contribution in [-0.4, -0.2) is 19.8 Å². The average molecular weight is 362 g/mol. The molecule has 124 valence electrons. The largest absolute Gasteiger partial charge is 0.464 e. The lowest BCUT2D eigenvalue weighted by atomic mass is 9.92. The van der Waals surface area contributed by atoms with Crippen molar-refractivity contribution in [3.8, 4) is 11.3 Å². The summed E-state index contributed by atoms with van der Waals surface area (Å²) in [5.74, 6) is 0.784. The summed E-state index contributed by atoms with van der Waals surface area (Å²) >= 11 is 1.45. The zero-order chi connectivity index (χ0) is 16.9. The van der Waals surface area contributed by atoms with Crippen molar-refractivity contribution in [2.75, 3.05) is 0 Å². The van der Waals surface area contributed by atoms with Crippen LogP contribution >= 0.6 is 18.9 Å². The molecule has 24 heavy (non-hydrogen) atoms. The second kappa shape index (κ2) is 5.63. The van der Waals surface area contributed by atoms with Crippen molar-refractivity contribution in [3.63, 3.8) is 0 Å². The molecule has 1 aliphatic rings. The highest BCUT2D eigenvalue weighted by atomic mass is 32.1. The molecule has 0 aliphatic carbocycles. The maximum Gasteiger partial charge on any atom is 0.360 e. The van der Waals surface area contributed by atoms with E-state index in [1.165, 1.54) is 11.3 Å². The first-order valence-electron chi connectivity index (χ1n) is 7.49. The summed E-state index contributed by atoms with van der Waals surface area (Å²) in [6, 6.07) is 3.71. The van der Waals surface area contributed by atoms with Crippen LogP contribution in [0.3, 0.4) is 0 Å². The third-order valence-corrected chi connectivity index (χ3v) is 6.03. The van der Waals surface area contributed by atoms with E-state index in [0.717, 1.165) is 17.0 Å². The third kappa shape index (κ3) is 2.54. The van der Waals surface area contributed by atoms with Gasteiger partial charge in [-0.3, -0.25) is 9.55 Å². The lowest BCUT2D eigenvalue weighted by Gasteiger charge is -2.18. The first kappa shape index (κ1) is 15.7. The number of furan rings is 1. The molecule has 2 bridgehead atoms. The van der Waals surface area contributed by atoms with Gasteiger partial charge in [0.15, 0.2) is 0 Å². The van der Waals surface area contributed by atoms with E-state index in [-0.39, 0.29) is 11.2 Å². The molecule has 0 amide bonds. The zero-order valence-corrected chi connectivity index (χ0v) is 14.6. The summed E-state index contributed by atoms with van der Waals surface area (Å²) < 4.78 is 18.1. The molecule has 2 N–H and O–H groups in total. The van der Waals surface area contributed by atoms with Crippen molar-refractivity contribution in [2.24, 2.45) is 0 Å². The summed E-state index contributed by atoms with van der Waals surface area (Å²) in [5.41, 5.74) is 2.00. The van der Waals surface area contributed by atoms with Crippen molar-refractivity contribution >= 4 is 24.2 Å². The Balaban J connectivity index is 1.95. The van der Waals surface area contributed by atoms with Crippen LogP contribution in [0.25, 0.3) is 11.3 Å².